The molecule has 2 aromatic carbocycles. The van der Waals surface area contributed by atoms with Crippen LogP contribution in [0.1, 0.15) is 41.6 Å². The molecular formula is C32H29Cl2N5O6. The maximum absolute atomic E-state index is 12.4. The number of nitrogens with one attached hydrogen (secondary N) is 3. The van der Waals surface area contributed by atoms with Crippen molar-refractivity contribution in [2.45, 2.75) is 44.2 Å². The van der Waals surface area contributed by atoms with Crippen molar-refractivity contribution in [3.05, 3.63) is 100 Å². The van der Waals surface area contributed by atoms with Gasteiger partial charge in [-0.3, -0.25) is 4.79 Å². The molecule has 2 aromatic heterocycles. The minimum atomic E-state index is -1.12. The van der Waals surface area contributed by atoms with Gasteiger partial charge >= 0.3 is 12.0 Å². The van der Waals surface area contributed by atoms with Gasteiger partial charge in [0, 0.05) is 24.0 Å². The number of rotatable bonds is 10. The summed E-state index contributed by atoms with van der Waals surface area (Å²) >= 11 is 11.8. The summed E-state index contributed by atoms with van der Waals surface area (Å²) in [6.45, 7) is 0. The Bertz CT molecular complexity index is 1640. The van der Waals surface area contributed by atoms with Crippen molar-refractivity contribution in [3.63, 3.8) is 0 Å². The first-order chi connectivity index (χ1) is 21.7. The number of halogens is 2. The van der Waals surface area contributed by atoms with Gasteiger partial charge in [-0.05, 0) is 79.8 Å². The van der Waals surface area contributed by atoms with Crippen LogP contribution in [0, 0.1) is 0 Å². The first kappa shape index (κ1) is 31.6. The molecule has 0 saturated heterocycles. The summed E-state index contributed by atoms with van der Waals surface area (Å²) < 4.78 is 12.0. The van der Waals surface area contributed by atoms with Gasteiger partial charge in [0.1, 0.15) is 21.8 Å². The standard InChI is InChI=1S/C32H29Cl2N5O6/c33-27-16-21(17-28(34)39-27)37-32(43)36-20-6-8-22(9-7-20)44-23-10-12-24(13-11-23)45-30-14-5-19(18-35-30)15-29(40)38-26-4-2-1-3-25(26)31(41)42/h1-5,10-14,16-18,20,22H,6-9,15H2,(H,38,40)(H,41,42)(H2,36,37,39,43). The van der Waals surface area contributed by atoms with E-state index < -0.39 is 5.97 Å². The summed E-state index contributed by atoms with van der Waals surface area (Å²) in [4.78, 5) is 44.3. The fraction of sp³-hybridized carbons (Fsp3) is 0.219. The Morgan fingerprint density at radius 1 is 0.867 bits per heavy atom. The van der Waals surface area contributed by atoms with Crippen LogP contribution in [-0.2, 0) is 11.2 Å². The lowest BCUT2D eigenvalue weighted by Gasteiger charge is -2.29. The molecule has 0 spiro atoms. The molecule has 1 aliphatic carbocycles. The van der Waals surface area contributed by atoms with Crippen molar-refractivity contribution in [2.75, 3.05) is 10.6 Å². The number of anilines is 2. The van der Waals surface area contributed by atoms with Crippen LogP contribution in [0.3, 0.4) is 0 Å². The van der Waals surface area contributed by atoms with Gasteiger partial charge in [0.05, 0.1) is 23.8 Å². The van der Waals surface area contributed by atoms with E-state index in [1.165, 1.54) is 24.4 Å². The van der Waals surface area contributed by atoms with Crippen molar-refractivity contribution < 1.29 is 29.0 Å². The van der Waals surface area contributed by atoms with Gasteiger partial charge in [-0.1, -0.05) is 41.4 Å². The molecular weight excluding hydrogens is 621 g/mol. The number of hydrogen-bond acceptors (Lipinski definition) is 7. The molecule has 0 atom stereocenters. The van der Waals surface area contributed by atoms with Crippen LogP contribution >= 0.6 is 23.2 Å². The van der Waals surface area contributed by atoms with Crippen LogP contribution in [-0.4, -0.2) is 45.1 Å². The molecule has 1 saturated carbocycles. The maximum Gasteiger partial charge on any atom is 0.337 e. The van der Waals surface area contributed by atoms with E-state index in [4.69, 9.17) is 32.7 Å². The number of benzene rings is 2. The number of amides is 3. The number of aromatic nitrogens is 2. The van der Waals surface area contributed by atoms with E-state index in [9.17, 15) is 19.5 Å². The van der Waals surface area contributed by atoms with E-state index in [1.54, 1.807) is 42.5 Å². The molecule has 0 unspecified atom stereocenters. The van der Waals surface area contributed by atoms with Gasteiger partial charge in [-0.25, -0.2) is 19.6 Å². The van der Waals surface area contributed by atoms with E-state index in [0.29, 0.717) is 28.6 Å². The first-order valence-corrected chi connectivity index (χ1v) is 14.9. The quantitative estimate of drug-likeness (QED) is 0.134. The number of carbonyl (C=O) groups is 3. The predicted octanol–water partition coefficient (Wildman–Crippen LogP) is 6.97. The maximum atomic E-state index is 12.4. The third-order valence-corrected chi connectivity index (χ3v) is 7.36. The van der Waals surface area contributed by atoms with E-state index in [-0.39, 0.29) is 52.1 Å². The normalized spacial score (nSPS) is 15.9. The minimum Gasteiger partial charge on any atom is -0.490 e. The predicted molar refractivity (Wildman–Crippen MR) is 170 cm³/mol. The average Bonchev–Trinajstić information content (AvgIpc) is 3.00. The van der Waals surface area contributed by atoms with Crippen LogP contribution in [0.2, 0.25) is 10.3 Å². The summed E-state index contributed by atoms with van der Waals surface area (Å²) in [5.41, 5.74) is 1.37. The zero-order valence-corrected chi connectivity index (χ0v) is 25.3. The number of carboxylic acids is 1. The molecule has 11 nitrogen and oxygen atoms in total. The van der Waals surface area contributed by atoms with E-state index >= 15 is 0 Å². The Labute approximate surface area is 268 Å². The van der Waals surface area contributed by atoms with Gasteiger partial charge in [0.15, 0.2) is 0 Å². The molecule has 1 fully saturated rings. The lowest BCUT2D eigenvalue weighted by atomic mass is 9.93. The van der Waals surface area contributed by atoms with Crippen molar-refractivity contribution in [1.29, 1.82) is 0 Å². The van der Waals surface area contributed by atoms with Crippen molar-refractivity contribution in [2.24, 2.45) is 0 Å². The second kappa shape index (κ2) is 14.7. The number of aromatic carboxylic acids is 1. The van der Waals surface area contributed by atoms with Crippen molar-refractivity contribution >= 4 is 52.5 Å². The number of ether oxygens (including phenoxy) is 2. The SMILES string of the molecule is O=C(Cc1ccc(Oc2ccc(OC3CCC(NC(=O)Nc4cc(Cl)nc(Cl)c4)CC3)cc2)nc1)Nc1ccccc1C(=O)O. The van der Waals surface area contributed by atoms with Crippen LogP contribution in [0.5, 0.6) is 17.4 Å². The molecule has 0 bridgehead atoms. The number of para-hydroxylation sites is 1. The lowest BCUT2D eigenvalue weighted by Crippen LogP contribution is -2.41. The van der Waals surface area contributed by atoms with Gasteiger partial charge in [-0.15, -0.1) is 0 Å². The zero-order valence-electron chi connectivity index (χ0n) is 23.8. The molecule has 0 aliphatic heterocycles. The number of urea groups is 1. The van der Waals surface area contributed by atoms with Gasteiger partial charge in [0.25, 0.3) is 0 Å². The number of hydrogen-bond donors (Lipinski definition) is 4. The third kappa shape index (κ3) is 9.31. The molecule has 5 rings (SSSR count). The summed E-state index contributed by atoms with van der Waals surface area (Å²) in [5.74, 6) is 0.160. The largest absolute Gasteiger partial charge is 0.490 e. The lowest BCUT2D eigenvalue weighted by molar-refractivity contribution is -0.115. The Balaban J connectivity index is 1.04. The third-order valence-electron chi connectivity index (χ3n) is 6.97. The highest BCUT2D eigenvalue weighted by Gasteiger charge is 2.24. The molecule has 3 amide bonds. The van der Waals surface area contributed by atoms with Gasteiger partial charge in [0.2, 0.25) is 11.8 Å². The molecule has 0 radical (unpaired) electrons. The van der Waals surface area contributed by atoms with Crippen molar-refractivity contribution in [3.8, 4) is 17.4 Å². The first-order valence-electron chi connectivity index (χ1n) is 14.1. The van der Waals surface area contributed by atoms with Crippen molar-refractivity contribution in [1.82, 2.24) is 15.3 Å². The molecule has 2 heterocycles. The highest BCUT2D eigenvalue weighted by molar-refractivity contribution is 6.33. The summed E-state index contributed by atoms with van der Waals surface area (Å²) in [7, 11) is 0. The van der Waals surface area contributed by atoms with Crippen LogP contribution in [0.4, 0.5) is 16.2 Å². The fourth-order valence-corrected chi connectivity index (χ4v) is 5.31. The van der Waals surface area contributed by atoms with Crippen LogP contribution < -0.4 is 25.4 Å². The monoisotopic (exact) mass is 649 g/mol. The van der Waals surface area contributed by atoms with Gasteiger partial charge < -0.3 is 30.5 Å². The molecule has 4 aromatic rings. The van der Waals surface area contributed by atoms with Crippen LogP contribution in [0.25, 0.3) is 0 Å². The molecule has 4 N–H and O–H groups in total. The number of carboxylic acid groups (broad SMARTS) is 1. The number of carbonyl (C=O) groups excluding carboxylic acids is 2. The molecule has 232 valence electrons. The Morgan fingerprint density at radius 3 is 2.22 bits per heavy atom. The van der Waals surface area contributed by atoms with E-state index in [0.717, 1.165) is 25.7 Å². The van der Waals surface area contributed by atoms with Crippen LogP contribution in [0.15, 0.2) is 79.0 Å². The second-order valence-corrected chi connectivity index (χ2v) is 11.1. The highest BCUT2D eigenvalue weighted by Crippen LogP contribution is 2.27. The van der Waals surface area contributed by atoms with Gasteiger partial charge in [-0.2, -0.15) is 0 Å². The molecule has 1 aliphatic rings. The summed E-state index contributed by atoms with van der Waals surface area (Å²) in [6.07, 6.45) is 4.71. The molecule has 45 heavy (non-hydrogen) atoms. The average molecular weight is 651 g/mol. The smallest absolute Gasteiger partial charge is 0.337 e. The minimum absolute atomic E-state index is 0.0196. The Hall–Kier alpha value is -4.87. The topological polar surface area (TPSA) is 152 Å². The zero-order chi connectivity index (χ0) is 31.8. The number of pyridine rings is 2. The highest BCUT2D eigenvalue weighted by atomic mass is 35.5. The Morgan fingerprint density at radius 2 is 1.56 bits per heavy atom. The Kier molecular flexibility index (Phi) is 10.3. The number of nitrogens with zero attached hydrogens (tertiary/aromatic N) is 2. The summed E-state index contributed by atoms with van der Waals surface area (Å²) in [5, 5.41) is 18.0. The second-order valence-electron chi connectivity index (χ2n) is 10.3. The summed E-state index contributed by atoms with van der Waals surface area (Å²) in [6, 6.07) is 19.6. The van der Waals surface area contributed by atoms with E-state index in [2.05, 4.69) is 25.9 Å². The fourth-order valence-electron chi connectivity index (χ4n) is 4.85. The molecule has 13 heteroatoms. The van der Waals surface area contributed by atoms with E-state index in [1.807, 2.05) is 12.1 Å².